The highest BCUT2D eigenvalue weighted by Crippen LogP contribution is 2.45. The van der Waals surface area contributed by atoms with Gasteiger partial charge in [0.05, 0.1) is 12.1 Å². The number of methoxy groups -OCH3 is 1. The third-order valence-corrected chi connectivity index (χ3v) is 5.55. The predicted octanol–water partition coefficient (Wildman–Crippen LogP) is 3.89. The highest BCUT2D eigenvalue weighted by molar-refractivity contribution is 6.32. The van der Waals surface area contributed by atoms with Gasteiger partial charge in [-0.1, -0.05) is 35.9 Å². The van der Waals surface area contributed by atoms with Crippen molar-refractivity contribution in [3.05, 3.63) is 63.7 Å². The highest BCUT2D eigenvalue weighted by Gasteiger charge is 2.38. The zero-order valence-corrected chi connectivity index (χ0v) is 13.7. The molecular formula is C19H20ClNO. The van der Waals surface area contributed by atoms with Crippen LogP contribution in [0.3, 0.4) is 0 Å². The molecule has 0 unspecified atom stereocenters. The fourth-order valence-corrected chi connectivity index (χ4v) is 4.36. The number of hydrogen-bond acceptors (Lipinski definition) is 2. The second-order valence-corrected chi connectivity index (χ2v) is 6.77. The first-order valence-electron chi connectivity index (χ1n) is 7.83. The Morgan fingerprint density at radius 2 is 1.95 bits per heavy atom. The van der Waals surface area contributed by atoms with E-state index in [1.54, 1.807) is 7.11 Å². The molecule has 22 heavy (non-hydrogen) atoms. The maximum absolute atomic E-state index is 6.36. The molecule has 3 heteroatoms. The Kier molecular flexibility index (Phi) is 3.39. The van der Waals surface area contributed by atoms with E-state index in [0.29, 0.717) is 17.0 Å². The van der Waals surface area contributed by atoms with Crippen LogP contribution in [0.2, 0.25) is 5.02 Å². The maximum Gasteiger partial charge on any atom is 0.137 e. The van der Waals surface area contributed by atoms with Crippen LogP contribution in [0.5, 0.6) is 5.75 Å². The van der Waals surface area contributed by atoms with Crippen LogP contribution in [0.4, 0.5) is 0 Å². The van der Waals surface area contributed by atoms with Gasteiger partial charge in [0.15, 0.2) is 0 Å². The number of ether oxygens (including phenoxy) is 1. The fourth-order valence-electron chi connectivity index (χ4n) is 4.09. The Bertz CT molecular complexity index is 727. The minimum atomic E-state index is 0.421. The predicted molar refractivity (Wildman–Crippen MR) is 90.1 cm³/mol. The molecule has 1 aliphatic heterocycles. The number of rotatable bonds is 1. The smallest absolute Gasteiger partial charge is 0.137 e. The van der Waals surface area contributed by atoms with Gasteiger partial charge in [-0.05, 0) is 54.3 Å². The van der Waals surface area contributed by atoms with Gasteiger partial charge in [0.25, 0.3) is 0 Å². The Morgan fingerprint density at radius 1 is 1.14 bits per heavy atom. The Hall–Kier alpha value is -1.51. The summed E-state index contributed by atoms with van der Waals surface area (Å²) in [6.07, 6.45) is 2.17. The Morgan fingerprint density at radius 3 is 2.77 bits per heavy atom. The van der Waals surface area contributed by atoms with Crippen LogP contribution >= 0.6 is 11.6 Å². The average molecular weight is 314 g/mol. The van der Waals surface area contributed by atoms with Crippen LogP contribution in [-0.2, 0) is 12.8 Å². The molecule has 0 bridgehead atoms. The van der Waals surface area contributed by atoms with Crippen LogP contribution in [0, 0.1) is 0 Å². The molecule has 114 valence electrons. The number of fused-ring (bicyclic) bond motifs is 5. The van der Waals surface area contributed by atoms with Crippen molar-refractivity contribution in [2.75, 3.05) is 20.7 Å². The molecule has 2 nitrogen and oxygen atoms in total. The van der Waals surface area contributed by atoms with Crippen molar-refractivity contribution < 1.29 is 4.74 Å². The van der Waals surface area contributed by atoms with Crippen molar-refractivity contribution in [1.82, 2.24) is 4.90 Å². The summed E-state index contributed by atoms with van der Waals surface area (Å²) in [6, 6.07) is 13.6. The maximum atomic E-state index is 6.36. The molecule has 0 amide bonds. The minimum Gasteiger partial charge on any atom is -0.495 e. The Balaban J connectivity index is 1.93. The summed E-state index contributed by atoms with van der Waals surface area (Å²) in [5.74, 6) is 1.21. The molecule has 0 saturated carbocycles. The van der Waals surface area contributed by atoms with Gasteiger partial charge in [-0.2, -0.15) is 0 Å². The van der Waals surface area contributed by atoms with Crippen LogP contribution in [0.25, 0.3) is 0 Å². The molecule has 0 aromatic heterocycles. The highest BCUT2D eigenvalue weighted by atomic mass is 35.5. The normalized spacial score (nSPS) is 23.4. The topological polar surface area (TPSA) is 12.5 Å². The molecule has 0 fully saturated rings. The zero-order chi connectivity index (χ0) is 15.3. The lowest BCUT2D eigenvalue weighted by Gasteiger charge is -2.27. The quantitative estimate of drug-likeness (QED) is 0.792. The second kappa shape index (κ2) is 5.29. The van der Waals surface area contributed by atoms with Crippen molar-refractivity contribution in [3.8, 4) is 5.75 Å². The summed E-state index contributed by atoms with van der Waals surface area (Å²) in [7, 11) is 3.94. The molecule has 0 N–H and O–H groups in total. The summed E-state index contributed by atoms with van der Waals surface area (Å²) in [5, 5.41) is 0.716. The van der Waals surface area contributed by atoms with E-state index >= 15 is 0 Å². The van der Waals surface area contributed by atoms with Gasteiger partial charge in [0.1, 0.15) is 5.75 Å². The number of likely N-dealkylation sites (N-methyl/N-ethyl adjacent to an activating group) is 1. The summed E-state index contributed by atoms with van der Waals surface area (Å²) >= 11 is 6.36. The van der Waals surface area contributed by atoms with Gasteiger partial charge in [-0.25, -0.2) is 0 Å². The van der Waals surface area contributed by atoms with Crippen molar-refractivity contribution in [2.24, 2.45) is 0 Å². The van der Waals surface area contributed by atoms with E-state index in [1.807, 2.05) is 0 Å². The molecule has 2 atom stereocenters. The van der Waals surface area contributed by atoms with E-state index in [0.717, 1.165) is 25.1 Å². The Labute approximate surface area is 136 Å². The van der Waals surface area contributed by atoms with Crippen molar-refractivity contribution >= 4 is 11.6 Å². The molecule has 1 heterocycles. The van der Waals surface area contributed by atoms with Crippen LogP contribution in [-0.4, -0.2) is 31.6 Å². The standard InChI is InChI=1S/C19H20ClNO/c1-21-8-7-13-9-16(20)18(22-2)11-15(13)19-14-6-4-3-5-12(14)10-17(19)21/h3-6,9,11,17,19H,7-8,10H2,1-2H3/t17-,19+/m0/s1. The van der Waals surface area contributed by atoms with E-state index in [1.165, 1.54) is 22.3 Å². The number of hydrogen-bond donors (Lipinski definition) is 0. The van der Waals surface area contributed by atoms with Crippen molar-refractivity contribution in [1.29, 1.82) is 0 Å². The van der Waals surface area contributed by atoms with Gasteiger partial charge < -0.3 is 9.64 Å². The molecule has 4 rings (SSSR count). The van der Waals surface area contributed by atoms with E-state index in [-0.39, 0.29) is 0 Å². The first kappa shape index (κ1) is 14.1. The average Bonchev–Trinajstić information content (AvgIpc) is 2.86. The lowest BCUT2D eigenvalue weighted by Crippen LogP contribution is -2.34. The zero-order valence-electron chi connectivity index (χ0n) is 13.0. The van der Waals surface area contributed by atoms with E-state index < -0.39 is 0 Å². The van der Waals surface area contributed by atoms with E-state index in [4.69, 9.17) is 16.3 Å². The molecule has 0 saturated heterocycles. The molecule has 2 aromatic rings. The van der Waals surface area contributed by atoms with Crippen molar-refractivity contribution in [2.45, 2.75) is 24.8 Å². The molecule has 2 aromatic carbocycles. The minimum absolute atomic E-state index is 0.421. The molecular weight excluding hydrogens is 294 g/mol. The number of halogens is 1. The van der Waals surface area contributed by atoms with Gasteiger partial charge in [-0.3, -0.25) is 0 Å². The summed E-state index contributed by atoms with van der Waals surface area (Å²) < 4.78 is 5.47. The molecule has 0 radical (unpaired) electrons. The van der Waals surface area contributed by atoms with Crippen LogP contribution < -0.4 is 4.74 Å². The lowest BCUT2D eigenvalue weighted by molar-refractivity contribution is 0.244. The second-order valence-electron chi connectivity index (χ2n) is 6.36. The molecule has 1 aliphatic carbocycles. The van der Waals surface area contributed by atoms with Gasteiger partial charge in [0.2, 0.25) is 0 Å². The summed E-state index contributed by atoms with van der Waals surface area (Å²) in [6.45, 7) is 1.07. The van der Waals surface area contributed by atoms with Gasteiger partial charge in [0, 0.05) is 18.5 Å². The molecule has 0 spiro atoms. The summed E-state index contributed by atoms with van der Waals surface area (Å²) in [4.78, 5) is 2.51. The fraction of sp³-hybridized carbons (Fsp3) is 0.368. The SMILES string of the molecule is COc1cc2c(cc1Cl)CCN(C)[C@H]1Cc3ccccc3[C@H]21. The third-order valence-electron chi connectivity index (χ3n) is 5.25. The van der Waals surface area contributed by atoms with E-state index in [2.05, 4.69) is 48.3 Å². The van der Waals surface area contributed by atoms with Crippen molar-refractivity contribution in [3.63, 3.8) is 0 Å². The summed E-state index contributed by atoms with van der Waals surface area (Å²) in [5.41, 5.74) is 5.69. The largest absolute Gasteiger partial charge is 0.495 e. The lowest BCUT2D eigenvalue weighted by atomic mass is 9.87. The van der Waals surface area contributed by atoms with Gasteiger partial charge >= 0.3 is 0 Å². The first-order valence-corrected chi connectivity index (χ1v) is 8.21. The van der Waals surface area contributed by atoms with Crippen LogP contribution in [0.1, 0.15) is 28.2 Å². The van der Waals surface area contributed by atoms with E-state index in [9.17, 15) is 0 Å². The third kappa shape index (κ3) is 2.05. The van der Waals surface area contributed by atoms with Crippen LogP contribution in [0.15, 0.2) is 36.4 Å². The number of benzene rings is 2. The monoisotopic (exact) mass is 313 g/mol. The molecule has 2 aliphatic rings. The first-order chi connectivity index (χ1) is 10.7. The number of nitrogens with zero attached hydrogens (tertiary/aromatic N) is 1. The van der Waals surface area contributed by atoms with Gasteiger partial charge in [-0.15, -0.1) is 0 Å².